The van der Waals surface area contributed by atoms with Gasteiger partial charge in [0.1, 0.15) is 5.82 Å². The van der Waals surface area contributed by atoms with Crippen LogP contribution in [0.1, 0.15) is 19.5 Å². The van der Waals surface area contributed by atoms with Gasteiger partial charge in [-0.2, -0.15) is 0 Å². The molecule has 1 aromatic heterocycles. The van der Waals surface area contributed by atoms with Crippen LogP contribution in [0, 0.1) is 5.92 Å². The zero-order chi connectivity index (χ0) is 15.4. The average molecular weight is 284 g/mol. The molecule has 0 aliphatic carbocycles. The standard InChI is InChI=1S/C17H24N4/c1-12(2)10-14-11-16(18-3)20-17(19-14)13-6-8-15(9-7-13)21(4)5/h6-9,11-12H,10H2,1-5H3,(H,18,19,20). The van der Waals surface area contributed by atoms with Crippen molar-refractivity contribution in [2.45, 2.75) is 20.3 Å². The Bertz CT molecular complexity index is 588. The average Bonchev–Trinajstić information content (AvgIpc) is 2.46. The molecule has 0 aliphatic rings. The Morgan fingerprint density at radius 1 is 1.10 bits per heavy atom. The van der Waals surface area contributed by atoms with Crippen LogP contribution in [0.15, 0.2) is 30.3 Å². The fraction of sp³-hybridized carbons (Fsp3) is 0.412. The van der Waals surface area contributed by atoms with Crippen molar-refractivity contribution in [2.75, 3.05) is 31.4 Å². The number of benzene rings is 1. The highest BCUT2D eigenvalue weighted by molar-refractivity contribution is 5.61. The van der Waals surface area contributed by atoms with Crippen molar-refractivity contribution in [2.24, 2.45) is 5.92 Å². The molecule has 0 spiro atoms. The topological polar surface area (TPSA) is 41.1 Å². The molecule has 0 saturated heterocycles. The van der Waals surface area contributed by atoms with Gasteiger partial charge in [-0.3, -0.25) is 0 Å². The summed E-state index contributed by atoms with van der Waals surface area (Å²) in [5.74, 6) is 2.23. The van der Waals surface area contributed by atoms with Gasteiger partial charge in [0.15, 0.2) is 5.82 Å². The summed E-state index contributed by atoms with van der Waals surface area (Å²) in [6.07, 6.45) is 0.958. The first-order valence-electron chi connectivity index (χ1n) is 7.33. The lowest BCUT2D eigenvalue weighted by molar-refractivity contribution is 0.635. The van der Waals surface area contributed by atoms with E-state index in [4.69, 9.17) is 4.98 Å². The number of anilines is 2. The lowest BCUT2D eigenvalue weighted by Gasteiger charge is -2.13. The maximum absolute atomic E-state index is 4.70. The zero-order valence-electron chi connectivity index (χ0n) is 13.5. The predicted octanol–water partition coefficient (Wildman–Crippen LogP) is 3.45. The molecule has 4 heteroatoms. The second-order valence-electron chi connectivity index (χ2n) is 5.86. The van der Waals surface area contributed by atoms with Crippen LogP contribution in [0.2, 0.25) is 0 Å². The maximum atomic E-state index is 4.70. The minimum atomic E-state index is 0.577. The summed E-state index contributed by atoms with van der Waals surface area (Å²) in [6, 6.07) is 10.4. The largest absolute Gasteiger partial charge is 0.378 e. The van der Waals surface area contributed by atoms with Crippen LogP contribution >= 0.6 is 0 Å². The van der Waals surface area contributed by atoms with Crippen LogP contribution in [0.4, 0.5) is 11.5 Å². The van der Waals surface area contributed by atoms with Crippen LogP contribution < -0.4 is 10.2 Å². The fourth-order valence-electron chi connectivity index (χ4n) is 2.19. The van der Waals surface area contributed by atoms with E-state index in [1.807, 2.05) is 27.2 Å². The highest BCUT2D eigenvalue weighted by atomic mass is 15.1. The molecule has 1 N–H and O–H groups in total. The van der Waals surface area contributed by atoms with Gasteiger partial charge < -0.3 is 10.2 Å². The lowest BCUT2D eigenvalue weighted by atomic mass is 10.1. The van der Waals surface area contributed by atoms with Gasteiger partial charge in [0.05, 0.1) is 0 Å². The van der Waals surface area contributed by atoms with E-state index in [0.717, 1.165) is 29.3 Å². The van der Waals surface area contributed by atoms with E-state index in [1.165, 1.54) is 5.69 Å². The van der Waals surface area contributed by atoms with Crippen LogP contribution in [0.5, 0.6) is 0 Å². The van der Waals surface area contributed by atoms with E-state index in [1.54, 1.807) is 0 Å². The second-order valence-corrected chi connectivity index (χ2v) is 5.86. The summed E-state index contributed by atoms with van der Waals surface area (Å²) in [5, 5.41) is 3.12. The molecule has 0 atom stereocenters. The first-order chi connectivity index (χ1) is 9.99. The van der Waals surface area contributed by atoms with E-state index >= 15 is 0 Å². The van der Waals surface area contributed by atoms with Crippen LogP contribution in [0.25, 0.3) is 11.4 Å². The molecule has 1 aromatic carbocycles. The molecular weight excluding hydrogens is 260 g/mol. The monoisotopic (exact) mass is 284 g/mol. The number of aromatic nitrogens is 2. The van der Waals surface area contributed by atoms with Gasteiger partial charge in [-0.25, -0.2) is 9.97 Å². The Hall–Kier alpha value is -2.10. The van der Waals surface area contributed by atoms with Gasteiger partial charge >= 0.3 is 0 Å². The summed E-state index contributed by atoms with van der Waals surface area (Å²) in [4.78, 5) is 11.4. The normalized spacial score (nSPS) is 10.8. The molecule has 0 radical (unpaired) electrons. The fourth-order valence-corrected chi connectivity index (χ4v) is 2.19. The zero-order valence-corrected chi connectivity index (χ0v) is 13.5. The molecule has 21 heavy (non-hydrogen) atoms. The SMILES string of the molecule is CNc1cc(CC(C)C)nc(-c2ccc(N(C)C)cc2)n1. The van der Waals surface area contributed by atoms with E-state index in [-0.39, 0.29) is 0 Å². The number of hydrogen-bond donors (Lipinski definition) is 1. The quantitative estimate of drug-likeness (QED) is 0.913. The molecule has 2 rings (SSSR count). The predicted molar refractivity (Wildman–Crippen MR) is 89.9 cm³/mol. The van der Waals surface area contributed by atoms with Crippen molar-refractivity contribution >= 4 is 11.5 Å². The molecule has 0 aliphatic heterocycles. The van der Waals surface area contributed by atoms with Gasteiger partial charge in [-0.1, -0.05) is 13.8 Å². The highest BCUT2D eigenvalue weighted by Gasteiger charge is 2.08. The van der Waals surface area contributed by atoms with Gasteiger partial charge in [-0.05, 0) is 36.6 Å². The van der Waals surface area contributed by atoms with E-state index in [9.17, 15) is 0 Å². The summed E-state index contributed by atoms with van der Waals surface area (Å²) >= 11 is 0. The molecule has 0 amide bonds. The minimum absolute atomic E-state index is 0.577. The van der Waals surface area contributed by atoms with Crippen LogP contribution in [-0.4, -0.2) is 31.1 Å². The van der Waals surface area contributed by atoms with Crippen LogP contribution in [-0.2, 0) is 6.42 Å². The molecule has 0 fully saturated rings. The first kappa shape index (κ1) is 15.3. The Kier molecular flexibility index (Phi) is 4.78. The van der Waals surface area contributed by atoms with Gasteiger partial charge in [0.2, 0.25) is 0 Å². The molecule has 2 aromatic rings. The summed E-state index contributed by atoms with van der Waals surface area (Å²) in [7, 11) is 5.96. The molecule has 4 nitrogen and oxygen atoms in total. The van der Waals surface area contributed by atoms with Crippen molar-refractivity contribution in [3.8, 4) is 11.4 Å². The summed E-state index contributed by atoms with van der Waals surface area (Å²) in [6.45, 7) is 4.40. The lowest BCUT2D eigenvalue weighted by Crippen LogP contribution is -2.08. The van der Waals surface area contributed by atoms with Crippen molar-refractivity contribution in [3.63, 3.8) is 0 Å². The number of rotatable bonds is 5. The van der Waals surface area contributed by atoms with E-state index in [0.29, 0.717) is 5.92 Å². The summed E-state index contributed by atoms with van der Waals surface area (Å²) < 4.78 is 0. The Morgan fingerprint density at radius 2 is 1.76 bits per heavy atom. The third-order valence-electron chi connectivity index (χ3n) is 3.29. The highest BCUT2D eigenvalue weighted by Crippen LogP contribution is 2.22. The molecular formula is C17H24N4. The number of nitrogens with one attached hydrogen (secondary N) is 1. The van der Waals surface area contributed by atoms with Crippen LogP contribution in [0.3, 0.4) is 0 Å². The smallest absolute Gasteiger partial charge is 0.161 e. The van der Waals surface area contributed by atoms with Crippen molar-refractivity contribution in [1.29, 1.82) is 0 Å². The van der Waals surface area contributed by atoms with Crippen molar-refractivity contribution in [1.82, 2.24) is 9.97 Å². The third kappa shape index (κ3) is 3.94. The van der Waals surface area contributed by atoms with E-state index in [2.05, 4.69) is 53.3 Å². The Labute approximate surface area is 127 Å². The van der Waals surface area contributed by atoms with E-state index < -0.39 is 0 Å². The third-order valence-corrected chi connectivity index (χ3v) is 3.29. The Morgan fingerprint density at radius 3 is 2.29 bits per heavy atom. The minimum Gasteiger partial charge on any atom is -0.378 e. The maximum Gasteiger partial charge on any atom is 0.161 e. The molecule has 0 saturated carbocycles. The molecule has 112 valence electrons. The van der Waals surface area contributed by atoms with Gasteiger partial charge in [0.25, 0.3) is 0 Å². The second kappa shape index (κ2) is 6.57. The van der Waals surface area contributed by atoms with Crippen molar-refractivity contribution < 1.29 is 0 Å². The van der Waals surface area contributed by atoms with Gasteiger partial charge in [-0.15, -0.1) is 0 Å². The molecule has 0 bridgehead atoms. The van der Waals surface area contributed by atoms with Crippen molar-refractivity contribution in [3.05, 3.63) is 36.0 Å². The summed E-state index contributed by atoms with van der Waals surface area (Å²) in [5.41, 5.74) is 3.30. The first-order valence-corrected chi connectivity index (χ1v) is 7.33. The molecule has 0 unspecified atom stereocenters. The molecule has 1 heterocycles. The number of hydrogen-bond acceptors (Lipinski definition) is 4. The number of nitrogens with zero attached hydrogens (tertiary/aromatic N) is 3. The van der Waals surface area contributed by atoms with Gasteiger partial charge in [0, 0.05) is 44.2 Å². The Balaban J connectivity index is 2.37.